The first-order chi connectivity index (χ1) is 10.0. The second kappa shape index (κ2) is 6.32. The Kier molecular flexibility index (Phi) is 4.49. The summed E-state index contributed by atoms with van der Waals surface area (Å²) in [6.45, 7) is 2.20. The van der Waals surface area contributed by atoms with Crippen molar-refractivity contribution in [1.29, 1.82) is 0 Å². The van der Waals surface area contributed by atoms with Crippen molar-refractivity contribution in [1.82, 2.24) is 10.3 Å². The van der Waals surface area contributed by atoms with Gasteiger partial charge in [0.1, 0.15) is 5.56 Å². The maximum Gasteiger partial charge on any atom is 0.319 e. The van der Waals surface area contributed by atoms with Crippen molar-refractivity contribution in [2.24, 2.45) is 0 Å². The molecule has 1 amide bonds. The van der Waals surface area contributed by atoms with Gasteiger partial charge >= 0.3 is 5.69 Å². The molecule has 1 aromatic carbocycles. The molecule has 0 radical (unpaired) electrons. The van der Waals surface area contributed by atoms with Gasteiger partial charge in [-0.25, -0.2) is 4.98 Å². The number of nitro groups is 1. The Morgan fingerprint density at radius 3 is 2.76 bits per heavy atom. The quantitative estimate of drug-likeness (QED) is 0.534. The molecule has 0 fully saturated rings. The fraction of sp³-hybridized carbons (Fsp3) is 0.143. The molecule has 0 aliphatic rings. The normalized spacial score (nSPS) is 10.2. The van der Waals surface area contributed by atoms with E-state index in [-0.39, 0.29) is 17.3 Å². The van der Waals surface area contributed by atoms with Crippen LogP contribution in [0, 0.1) is 17.0 Å². The first kappa shape index (κ1) is 14.9. The number of pyridine rings is 1. The van der Waals surface area contributed by atoms with E-state index in [0.717, 1.165) is 11.1 Å². The van der Waals surface area contributed by atoms with Gasteiger partial charge in [-0.3, -0.25) is 14.9 Å². The summed E-state index contributed by atoms with van der Waals surface area (Å²) in [5.74, 6) is -0.561. The predicted octanol–water partition coefficient (Wildman–Crippen LogP) is 2.88. The Labute approximate surface area is 125 Å². The molecule has 0 saturated heterocycles. The summed E-state index contributed by atoms with van der Waals surface area (Å²) in [4.78, 5) is 26.0. The Morgan fingerprint density at radius 2 is 2.10 bits per heavy atom. The van der Waals surface area contributed by atoms with Crippen LogP contribution in [-0.2, 0) is 6.54 Å². The maximum atomic E-state index is 12.1. The monoisotopic (exact) mass is 305 g/mol. The average Bonchev–Trinajstić information content (AvgIpc) is 2.45. The van der Waals surface area contributed by atoms with Crippen LogP contribution in [0.4, 0.5) is 5.69 Å². The fourth-order valence-corrected chi connectivity index (χ4v) is 2.09. The lowest BCUT2D eigenvalue weighted by Crippen LogP contribution is -2.24. The summed E-state index contributed by atoms with van der Waals surface area (Å²) in [7, 11) is 0. The van der Waals surface area contributed by atoms with Gasteiger partial charge in [0.15, 0.2) is 0 Å². The van der Waals surface area contributed by atoms with Gasteiger partial charge in [0.05, 0.1) is 4.92 Å². The van der Waals surface area contributed by atoms with E-state index < -0.39 is 16.5 Å². The molecular weight excluding hydrogens is 294 g/mol. The van der Waals surface area contributed by atoms with Crippen molar-refractivity contribution in [2.75, 3.05) is 0 Å². The third kappa shape index (κ3) is 3.35. The Hall–Kier alpha value is -2.47. The zero-order valence-electron chi connectivity index (χ0n) is 11.2. The van der Waals surface area contributed by atoms with Crippen molar-refractivity contribution in [3.05, 3.63) is 68.5 Å². The molecule has 7 heteroatoms. The second-order valence-electron chi connectivity index (χ2n) is 4.36. The van der Waals surface area contributed by atoms with Crippen molar-refractivity contribution in [2.45, 2.75) is 13.5 Å². The van der Waals surface area contributed by atoms with Crippen LogP contribution in [0.15, 0.2) is 36.5 Å². The van der Waals surface area contributed by atoms with Crippen LogP contribution in [0.5, 0.6) is 0 Å². The van der Waals surface area contributed by atoms with Crippen molar-refractivity contribution < 1.29 is 9.72 Å². The van der Waals surface area contributed by atoms with Crippen LogP contribution in [0.1, 0.15) is 21.5 Å². The zero-order valence-corrected chi connectivity index (χ0v) is 11.9. The van der Waals surface area contributed by atoms with E-state index in [1.807, 2.05) is 31.2 Å². The van der Waals surface area contributed by atoms with E-state index in [4.69, 9.17) is 11.6 Å². The van der Waals surface area contributed by atoms with Gasteiger partial charge in [-0.05, 0) is 24.1 Å². The Balaban J connectivity index is 2.20. The molecule has 1 heterocycles. The molecule has 1 aromatic heterocycles. The van der Waals surface area contributed by atoms with E-state index in [1.165, 1.54) is 12.3 Å². The van der Waals surface area contributed by atoms with Gasteiger partial charge in [0, 0.05) is 12.7 Å². The van der Waals surface area contributed by atoms with Gasteiger partial charge in [0.2, 0.25) is 5.15 Å². The highest BCUT2D eigenvalue weighted by molar-refractivity contribution is 6.32. The molecule has 2 rings (SSSR count). The lowest BCUT2D eigenvalue weighted by molar-refractivity contribution is -0.385. The van der Waals surface area contributed by atoms with E-state index >= 15 is 0 Å². The molecule has 0 aliphatic heterocycles. The van der Waals surface area contributed by atoms with Crippen LogP contribution in [-0.4, -0.2) is 15.8 Å². The molecule has 0 aliphatic carbocycles. The molecule has 108 valence electrons. The van der Waals surface area contributed by atoms with Crippen LogP contribution >= 0.6 is 11.6 Å². The van der Waals surface area contributed by atoms with Gasteiger partial charge in [0.25, 0.3) is 5.91 Å². The Bertz CT molecular complexity index is 704. The summed E-state index contributed by atoms with van der Waals surface area (Å²) in [5, 5.41) is 13.3. The summed E-state index contributed by atoms with van der Waals surface area (Å²) in [6.07, 6.45) is 1.26. The number of carbonyl (C=O) groups excluding carboxylic acids is 1. The summed E-state index contributed by atoms with van der Waals surface area (Å²) in [6, 6.07) is 8.84. The standard InChI is InChI=1S/C14H12ClN3O3/c1-9-4-2-3-5-10(9)8-17-14(19)11-6-7-16-13(15)12(11)18(20)21/h2-7H,8H2,1H3,(H,17,19). The molecule has 0 spiro atoms. The Morgan fingerprint density at radius 1 is 1.38 bits per heavy atom. The molecule has 0 bridgehead atoms. The lowest BCUT2D eigenvalue weighted by atomic mass is 10.1. The number of hydrogen-bond acceptors (Lipinski definition) is 4. The smallest absolute Gasteiger partial charge is 0.319 e. The molecule has 2 aromatic rings. The summed E-state index contributed by atoms with van der Waals surface area (Å²) < 4.78 is 0. The van der Waals surface area contributed by atoms with E-state index in [2.05, 4.69) is 10.3 Å². The molecule has 6 nitrogen and oxygen atoms in total. The number of rotatable bonds is 4. The van der Waals surface area contributed by atoms with Crippen molar-refractivity contribution in [3.63, 3.8) is 0 Å². The molecule has 0 saturated carbocycles. The molecular formula is C14H12ClN3O3. The summed E-state index contributed by atoms with van der Waals surface area (Å²) >= 11 is 5.68. The van der Waals surface area contributed by atoms with Crippen LogP contribution in [0.25, 0.3) is 0 Å². The highest BCUT2D eigenvalue weighted by atomic mass is 35.5. The highest BCUT2D eigenvalue weighted by Crippen LogP contribution is 2.25. The molecule has 1 N–H and O–H groups in total. The number of aromatic nitrogens is 1. The fourth-order valence-electron chi connectivity index (χ4n) is 1.86. The third-order valence-corrected chi connectivity index (χ3v) is 3.28. The van der Waals surface area contributed by atoms with Crippen LogP contribution in [0.2, 0.25) is 5.15 Å². The minimum absolute atomic E-state index is 0.103. The van der Waals surface area contributed by atoms with Gasteiger partial charge < -0.3 is 5.32 Å². The first-order valence-electron chi connectivity index (χ1n) is 6.12. The number of nitrogens with one attached hydrogen (secondary N) is 1. The van der Waals surface area contributed by atoms with E-state index in [0.29, 0.717) is 0 Å². The average molecular weight is 306 g/mol. The summed E-state index contributed by atoms with van der Waals surface area (Å²) in [5.41, 5.74) is 1.38. The van der Waals surface area contributed by atoms with E-state index in [9.17, 15) is 14.9 Å². The van der Waals surface area contributed by atoms with Gasteiger partial charge in [-0.2, -0.15) is 0 Å². The lowest BCUT2D eigenvalue weighted by Gasteiger charge is -2.08. The number of hydrogen-bond donors (Lipinski definition) is 1. The number of aryl methyl sites for hydroxylation is 1. The molecule has 0 atom stereocenters. The van der Waals surface area contributed by atoms with E-state index in [1.54, 1.807) is 0 Å². The minimum Gasteiger partial charge on any atom is -0.348 e. The van der Waals surface area contributed by atoms with Crippen molar-refractivity contribution in [3.8, 4) is 0 Å². The predicted molar refractivity (Wildman–Crippen MR) is 78.3 cm³/mol. The van der Waals surface area contributed by atoms with Crippen molar-refractivity contribution >= 4 is 23.2 Å². The molecule has 0 unspecified atom stereocenters. The van der Waals surface area contributed by atoms with Crippen LogP contribution < -0.4 is 5.32 Å². The minimum atomic E-state index is -0.710. The number of benzene rings is 1. The largest absolute Gasteiger partial charge is 0.348 e. The topological polar surface area (TPSA) is 85.1 Å². The van der Waals surface area contributed by atoms with Crippen LogP contribution in [0.3, 0.4) is 0 Å². The van der Waals surface area contributed by atoms with Gasteiger partial charge in [-0.15, -0.1) is 0 Å². The molecule has 21 heavy (non-hydrogen) atoms. The third-order valence-electron chi connectivity index (χ3n) is 3.01. The SMILES string of the molecule is Cc1ccccc1CNC(=O)c1ccnc(Cl)c1[N+](=O)[O-]. The number of nitrogens with zero attached hydrogens (tertiary/aromatic N) is 2. The number of halogens is 1. The number of carbonyl (C=O) groups is 1. The van der Waals surface area contributed by atoms with Gasteiger partial charge in [-0.1, -0.05) is 35.9 Å². The highest BCUT2D eigenvalue weighted by Gasteiger charge is 2.24. The first-order valence-corrected chi connectivity index (χ1v) is 6.50. The number of amides is 1. The maximum absolute atomic E-state index is 12.1. The zero-order chi connectivity index (χ0) is 15.4. The second-order valence-corrected chi connectivity index (χ2v) is 4.72.